The molecule has 4 N–H and O–H groups in total. The van der Waals surface area contributed by atoms with Gasteiger partial charge in [-0.05, 0) is 31.5 Å². The van der Waals surface area contributed by atoms with Gasteiger partial charge >= 0.3 is 17.9 Å². The molecule has 8 heteroatoms. The average molecular weight is 353 g/mol. The van der Waals surface area contributed by atoms with E-state index in [1.54, 1.807) is 0 Å². The summed E-state index contributed by atoms with van der Waals surface area (Å²) in [5.41, 5.74) is -1.24. The lowest BCUT2D eigenvalue weighted by atomic mass is 9.96. The van der Waals surface area contributed by atoms with Crippen LogP contribution >= 0.6 is 0 Å². The molecule has 1 heterocycles. The van der Waals surface area contributed by atoms with Crippen molar-refractivity contribution in [2.45, 2.75) is 30.8 Å². The van der Waals surface area contributed by atoms with Crippen LogP contribution in [0.5, 0.6) is 0 Å². The highest BCUT2D eigenvalue weighted by Crippen LogP contribution is 2.25. The topological polar surface area (TPSA) is 135 Å². The predicted molar refractivity (Wildman–Crippen MR) is 88.4 cm³/mol. The quantitative estimate of drug-likeness (QED) is 0.591. The van der Waals surface area contributed by atoms with E-state index < -0.39 is 36.4 Å². The third-order valence-electron chi connectivity index (χ3n) is 3.95. The Morgan fingerprint density at radius 2 is 1.60 bits per heavy atom. The van der Waals surface area contributed by atoms with Crippen molar-refractivity contribution in [3.63, 3.8) is 0 Å². The van der Waals surface area contributed by atoms with E-state index in [-0.39, 0.29) is 0 Å². The largest absolute Gasteiger partial charge is 0.481 e. The number of carbonyl (C=O) groups is 3. The van der Waals surface area contributed by atoms with E-state index in [0.29, 0.717) is 0 Å². The van der Waals surface area contributed by atoms with Gasteiger partial charge in [-0.15, -0.1) is 0 Å². The number of aliphatic carboxylic acids is 3. The maximum atomic E-state index is 10.3. The van der Waals surface area contributed by atoms with Crippen LogP contribution in [0.3, 0.4) is 0 Å². The van der Waals surface area contributed by atoms with Crippen molar-refractivity contribution >= 4 is 17.9 Å². The fourth-order valence-electron chi connectivity index (χ4n) is 2.65. The van der Waals surface area contributed by atoms with Gasteiger partial charge in [0.2, 0.25) is 0 Å². The zero-order chi connectivity index (χ0) is 19.0. The lowest BCUT2D eigenvalue weighted by Crippen LogP contribution is -2.42. The molecule has 0 radical (unpaired) electrons. The average Bonchev–Trinajstić information content (AvgIpc) is 2.93. The van der Waals surface area contributed by atoms with E-state index >= 15 is 0 Å². The first-order chi connectivity index (χ1) is 11.6. The van der Waals surface area contributed by atoms with Gasteiger partial charge in [-0.1, -0.05) is 30.3 Å². The van der Waals surface area contributed by atoms with Gasteiger partial charge in [-0.2, -0.15) is 0 Å². The summed E-state index contributed by atoms with van der Waals surface area (Å²) in [6.45, 7) is 2.48. The number of carboxylic acid groups (broad SMARTS) is 3. The molecule has 8 nitrogen and oxygen atoms in total. The van der Waals surface area contributed by atoms with Crippen molar-refractivity contribution in [2.24, 2.45) is 0 Å². The van der Waals surface area contributed by atoms with Crippen molar-refractivity contribution in [1.82, 2.24) is 4.90 Å². The summed E-state index contributed by atoms with van der Waals surface area (Å²) < 4.78 is 0. The van der Waals surface area contributed by atoms with Crippen LogP contribution in [0.1, 0.15) is 30.7 Å². The SMILES string of the molecule is CN1CCC(c2ccccc2)C1.O=C(O)CC(O)(CC(=O)O)C(=O)O. The Kier molecular flexibility index (Phi) is 7.53. The highest BCUT2D eigenvalue weighted by molar-refractivity contribution is 5.88. The second-order valence-electron chi connectivity index (χ2n) is 6.14. The van der Waals surface area contributed by atoms with Crippen molar-refractivity contribution in [1.29, 1.82) is 0 Å². The van der Waals surface area contributed by atoms with Crippen LogP contribution in [0.2, 0.25) is 0 Å². The number of hydrogen-bond acceptors (Lipinski definition) is 5. The van der Waals surface area contributed by atoms with Gasteiger partial charge in [-0.3, -0.25) is 9.59 Å². The third-order valence-corrected chi connectivity index (χ3v) is 3.95. The molecule has 0 aromatic heterocycles. The van der Waals surface area contributed by atoms with Crippen LogP contribution in [0.4, 0.5) is 0 Å². The molecule has 1 aliphatic heterocycles. The number of hydrogen-bond donors (Lipinski definition) is 4. The second-order valence-corrected chi connectivity index (χ2v) is 6.14. The number of carboxylic acids is 3. The lowest BCUT2D eigenvalue weighted by molar-refractivity contribution is -0.170. The van der Waals surface area contributed by atoms with Crippen LogP contribution in [-0.4, -0.2) is 69.0 Å². The summed E-state index contributed by atoms with van der Waals surface area (Å²) >= 11 is 0. The van der Waals surface area contributed by atoms with E-state index in [9.17, 15) is 14.4 Å². The molecule has 1 saturated heterocycles. The number of nitrogens with zero attached hydrogens (tertiary/aromatic N) is 1. The Morgan fingerprint density at radius 1 is 1.08 bits per heavy atom. The molecule has 1 unspecified atom stereocenters. The Balaban J connectivity index is 0.000000250. The second kappa shape index (κ2) is 9.14. The summed E-state index contributed by atoms with van der Waals surface area (Å²) in [7, 11) is 2.20. The van der Waals surface area contributed by atoms with Gasteiger partial charge in [0, 0.05) is 6.54 Å². The molecule has 0 spiro atoms. The first-order valence-electron chi connectivity index (χ1n) is 7.77. The van der Waals surface area contributed by atoms with E-state index in [1.165, 1.54) is 25.1 Å². The number of likely N-dealkylation sites (N-methyl/N-ethyl adjacent to an activating group) is 1. The molecule has 0 amide bonds. The van der Waals surface area contributed by atoms with Crippen molar-refractivity contribution in [3.05, 3.63) is 35.9 Å². The number of rotatable bonds is 6. The summed E-state index contributed by atoms with van der Waals surface area (Å²) in [4.78, 5) is 32.9. The van der Waals surface area contributed by atoms with E-state index in [1.807, 2.05) is 0 Å². The van der Waals surface area contributed by atoms with Crippen LogP contribution in [0.25, 0.3) is 0 Å². The lowest BCUT2D eigenvalue weighted by Gasteiger charge is -2.18. The fraction of sp³-hybridized carbons (Fsp3) is 0.471. The summed E-state index contributed by atoms with van der Waals surface area (Å²) in [5.74, 6) is -4.24. The van der Waals surface area contributed by atoms with Gasteiger partial charge in [0.25, 0.3) is 0 Å². The zero-order valence-electron chi connectivity index (χ0n) is 14.0. The van der Waals surface area contributed by atoms with Crippen molar-refractivity contribution < 1.29 is 34.8 Å². The van der Waals surface area contributed by atoms with Crippen LogP contribution in [0.15, 0.2) is 30.3 Å². The molecule has 0 saturated carbocycles. The summed E-state index contributed by atoms with van der Waals surface area (Å²) in [6.07, 6.45) is -0.968. The minimum atomic E-state index is -2.74. The third kappa shape index (κ3) is 6.90. The van der Waals surface area contributed by atoms with E-state index in [4.69, 9.17) is 20.4 Å². The number of likely N-dealkylation sites (tertiary alicyclic amines) is 1. The Labute approximate surface area is 145 Å². The normalized spacial score (nSPS) is 17.4. The van der Waals surface area contributed by atoms with Crippen LogP contribution in [0, 0.1) is 0 Å². The Hall–Kier alpha value is -2.45. The molecule has 2 rings (SSSR count). The van der Waals surface area contributed by atoms with Gasteiger partial charge in [0.05, 0.1) is 12.8 Å². The molecule has 1 fully saturated rings. The van der Waals surface area contributed by atoms with E-state index in [0.717, 1.165) is 5.92 Å². The molecular formula is C17H23NO7. The molecule has 138 valence electrons. The predicted octanol–water partition coefficient (Wildman–Crippen LogP) is 0.857. The minimum Gasteiger partial charge on any atom is -0.481 e. The molecule has 0 aliphatic carbocycles. The maximum Gasteiger partial charge on any atom is 0.336 e. The van der Waals surface area contributed by atoms with Crippen LogP contribution < -0.4 is 0 Å². The zero-order valence-corrected chi connectivity index (χ0v) is 14.0. The summed E-state index contributed by atoms with van der Waals surface area (Å²) in [5, 5.41) is 33.8. The molecule has 0 bridgehead atoms. The van der Waals surface area contributed by atoms with Gasteiger partial charge in [0.15, 0.2) is 5.60 Å². The number of benzene rings is 1. The smallest absolute Gasteiger partial charge is 0.336 e. The fourth-order valence-corrected chi connectivity index (χ4v) is 2.65. The molecule has 1 aromatic carbocycles. The molecule has 1 atom stereocenters. The molecule has 25 heavy (non-hydrogen) atoms. The Bertz CT molecular complexity index is 586. The first kappa shape index (κ1) is 20.6. The number of aliphatic hydroxyl groups is 1. The van der Waals surface area contributed by atoms with Crippen LogP contribution in [-0.2, 0) is 14.4 Å². The maximum absolute atomic E-state index is 10.3. The molecule has 1 aromatic rings. The highest BCUT2D eigenvalue weighted by Gasteiger charge is 2.40. The first-order valence-corrected chi connectivity index (χ1v) is 7.77. The van der Waals surface area contributed by atoms with Gasteiger partial charge < -0.3 is 25.3 Å². The monoisotopic (exact) mass is 353 g/mol. The van der Waals surface area contributed by atoms with Gasteiger partial charge in [-0.25, -0.2) is 4.79 Å². The standard InChI is InChI=1S/C11H15N.C6H8O7/c1-12-8-7-11(9-12)10-5-3-2-4-6-10;7-3(8)1-6(13,5(11)12)2-4(9)10/h2-6,11H,7-9H2,1H3;13H,1-2H2,(H,7,8)(H,9,10)(H,11,12). The Morgan fingerprint density at radius 3 is 1.96 bits per heavy atom. The minimum absolute atomic E-state index is 0.774. The highest BCUT2D eigenvalue weighted by atomic mass is 16.4. The molecule has 1 aliphatic rings. The van der Waals surface area contributed by atoms with Crippen molar-refractivity contribution in [3.8, 4) is 0 Å². The van der Waals surface area contributed by atoms with E-state index in [2.05, 4.69) is 42.3 Å². The van der Waals surface area contributed by atoms with Gasteiger partial charge in [0.1, 0.15) is 0 Å². The summed E-state index contributed by atoms with van der Waals surface area (Å²) in [6, 6.07) is 10.8. The van der Waals surface area contributed by atoms with Crippen molar-refractivity contribution in [2.75, 3.05) is 20.1 Å². The molecular weight excluding hydrogens is 330 g/mol.